The number of phenolic OH excluding ortho intramolecular Hbond substituents is 1. The molecule has 3 aromatic rings. The fraction of sp³-hybridized carbons (Fsp3) is 0.292. The Balaban J connectivity index is 1.45. The van der Waals surface area contributed by atoms with E-state index in [-0.39, 0.29) is 18.3 Å². The number of nitrogens with zero attached hydrogens (tertiary/aromatic N) is 1. The molecule has 3 aromatic carbocycles. The predicted octanol–water partition coefficient (Wildman–Crippen LogP) is 2.39. The molecule has 1 aliphatic heterocycles. The zero-order valence-electron chi connectivity index (χ0n) is 17.4. The Kier molecular flexibility index (Phi) is 6.25. The molecule has 1 saturated heterocycles. The summed E-state index contributed by atoms with van der Waals surface area (Å²) in [7, 11) is 1.53. The lowest BCUT2D eigenvalue weighted by Gasteiger charge is -2.28. The number of hydrogen-bond donors (Lipinski definition) is 3. The Morgan fingerprint density at radius 2 is 1.84 bits per heavy atom. The summed E-state index contributed by atoms with van der Waals surface area (Å²) in [5, 5.41) is 25.0. The van der Waals surface area contributed by atoms with E-state index in [1.54, 1.807) is 12.1 Å². The second-order valence-corrected chi connectivity index (χ2v) is 7.66. The van der Waals surface area contributed by atoms with Gasteiger partial charge in [0.1, 0.15) is 18.5 Å². The first-order valence-electron chi connectivity index (χ1n) is 10.2. The highest BCUT2D eigenvalue weighted by molar-refractivity contribution is 5.88. The molecule has 3 N–H and O–H groups in total. The number of aromatic hydroxyl groups is 1. The summed E-state index contributed by atoms with van der Waals surface area (Å²) >= 11 is 0. The Hall–Kier alpha value is -3.29. The fourth-order valence-corrected chi connectivity index (χ4v) is 3.74. The van der Waals surface area contributed by atoms with Crippen LogP contribution in [0, 0.1) is 0 Å². The molecule has 4 rings (SSSR count). The number of aliphatic hydroxyl groups excluding tert-OH is 1. The largest absolute Gasteiger partial charge is 0.504 e. The molecule has 1 fully saturated rings. The lowest BCUT2D eigenvalue weighted by molar-refractivity contribution is -0.124. The molecular formula is C24H26N2O5. The predicted molar refractivity (Wildman–Crippen MR) is 119 cm³/mol. The standard InChI is InChI=1S/C24H26N2O5/c1-30-23-12-18(5-7-22(23)28)17-3-2-16-4-6-21(11-19(16)10-17)31-15-20(27)13-26-9-8-25-24(29)14-26/h2-7,10-12,20,27-28H,8-9,13-15H2,1H3,(H,25,29). The number of aliphatic hydroxyl groups is 1. The second-order valence-electron chi connectivity index (χ2n) is 7.66. The highest BCUT2D eigenvalue weighted by Crippen LogP contribution is 2.33. The van der Waals surface area contributed by atoms with Crippen LogP contribution < -0.4 is 14.8 Å². The molecule has 7 heteroatoms. The van der Waals surface area contributed by atoms with Crippen molar-refractivity contribution in [1.29, 1.82) is 0 Å². The lowest BCUT2D eigenvalue weighted by Crippen LogP contribution is -2.50. The minimum Gasteiger partial charge on any atom is -0.504 e. The van der Waals surface area contributed by atoms with Crippen molar-refractivity contribution >= 4 is 16.7 Å². The smallest absolute Gasteiger partial charge is 0.234 e. The number of ether oxygens (including phenoxy) is 2. The average molecular weight is 422 g/mol. The van der Waals surface area contributed by atoms with Gasteiger partial charge in [0.15, 0.2) is 11.5 Å². The number of fused-ring (bicyclic) bond motifs is 1. The first-order chi connectivity index (χ1) is 15.0. The molecule has 162 valence electrons. The summed E-state index contributed by atoms with van der Waals surface area (Å²) in [4.78, 5) is 13.4. The number of methoxy groups -OCH3 is 1. The van der Waals surface area contributed by atoms with Crippen molar-refractivity contribution in [2.45, 2.75) is 6.10 Å². The number of β-amino-alcohol motifs (C(OH)–C–C–N with tert-alkyl or cyclic N) is 1. The molecular weight excluding hydrogens is 396 g/mol. The van der Waals surface area contributed by atoms with Crippen molar-refractivity contribution in [3.8, 4) is 28.4 Å². The lowest BCUT2D eigenvalue weighted by atomic mass is 10.0. The van der Waals surface area contributed by atoms with Crippen LogP contribution in [-0.2, 0) is 4.79 Å². The van der Waals surface area contributed by atoms with Gasteiger partial charge in [-0.25, -0.2) is 0 Å². The molecule has 0 spiro atoms. The highest BCUT2D eigenvalue weighted by atomic mass is 16.5. The van der Waals surface area contributed by atoms with Gasteiger partial charge in [-0.1, -0.05) is 24.3 Å². The summed E-state index contributed by atoms with van der Waals surface area (Å²) in [6, 6.07) is 17.2. The molecule has 1 unspecified atom stereocenters. The summed E-state index contributed by atoms with van der Waals surface area (Å²) < 4.78 is 11.0. The number of nitrogens with one attached hydrogen (secondary N) is 1. The van der Waals surface area contributed by atoms with E-state index >= 15 is 0 Å². The van der Waals surface area contributed by atoms with Gasteiger partial charge in [0, 0.05) is 19.6 Å². The summed E-state index contributed by atoms with van der Waals surface area (Å²) in [6.07, 6.45) is -0.683. The van der Waals surface area contributed by atoms with E-state index in [1.165, 1.54) is 7.11 Å². The molecule has 31 heavy (non-hydrogen) atoms. The summed E-state index contributed by atoms with van der Waals surface area (Å²) in [5.41, 5.74) is 1.93. The maximum absolute atomic E-state index is 11.5. The van der Waals surface area contributed by atoms with Gasteiger partial charge in [0.25, 0.3) is 0 Å². The number of phenols is 1. The third-order valence-corrected chi connectivity index (χ3v) is 5.35. The van der Waals surface area contributed by atoms with E-state index in [9.17, 15) is 15.0 Å². The first kappa shape index (κ1) is 21.0. The zero-order valence-corrected chi connectivity index (χ0v) is 17.4. The minimum atomic E-state index is -0.683. The van der Waals surface area contributed by atoms with Crippen molar-refractivity contribution < 1.29 is 24.5 Å². The number of amides is 1. The van der Waals surface area contributed by atoms with E-state index in [1.807, 2.05) is 41.3 Å². The van der Waals surface area contributed by atoms with Crippen LogP contribution >= 0.6 is 0 Å². The number of hydrogen-bond acceptors (Lipinski definition) is 6. The van der Waals surface area contributed by atoms with Gasteiger partial charge >= 0.3 is 0 Å². The summed E-state index contributed by atoms with van der Waals surface area (Å²) in [6.45, 7) is 2.18. The van der Waals surface area contributed by atoms with E-state index < -0.39 is 6.10 Å². The Labute approximate surface area is 180 Å². The van der Waals surface area contributed by atoms with Crippen molar-refractivity contribution in [3.63, 3.8) is 0 Å². The fourth-order valence-electron chi connectivity index (χ4n) is 3.74. The maximum atomic E-state index is 11.5. The van der Waals surface area contributed by atoms with Gasteiger partial charge in [0.2, 0.25) is 5.91 Å². The topological polar surface area (TPSA) is 91.3 Å². The van der Waals surface area contributed by atoms with E-state index in [0.29, 0.717) is 31.1 Å². The number of benzene rings is 3. The average Bonchev–Trinajstić information content (AvgIpc) is 2.77. The molecule has 0 aliphatic carbocycles. The van der Waals surface area contributed by atoms with Crippen LogP contribution in [0.3, 0.4) is 0 Å². The highest BCUT2D eigenvalue weighted by Gasteiger charge is 2.19. The third kappa shape index (κ3) is 5.07. The second kappa shape index (κ2) is 9.24. The number of rotatable bonds is 7. The van der Waals surface area contributed by atoms with Crippen LogP contribution in [0.2, 0.25) is 0 Å². The SMILES string of the molecule is COc1cc(-c2ccc3ccc(OCC(O)CN4CCNC(=O)C4)cc3c2)ccc1O. The number of piperazine rings is 1. The van der Waals surface area contributed by atoms with Gasteiger partial charge in [0.05, 0.1) is 13.7 Å². The van der Waals surface area contributed by atoms with Crippen LogP contribution in [0.5, 0.6) is 17.2 Å². The first-order valence-corrected chi connectivity index (χ1v) is 10.2. The minimum absolute atomic E-state index is 0.0176. The van der Waals surface area contributed by atoms with Gasteiger partial charge in [-0.15, -0.1) is 0 Å². The molecule has 1 amide bonds. The Morgan fingerprint density at radius 1 is 1.06 bits per heavy atom. The third-order valence-electron chi connectivity index (χ3n) is 5.35. The molecule has 0 aromatic heterocycles. The van der Waals surface area contributed by atoms with Gasteiger partial charge in [-0.3, -0.25) is 9.69 Å². The monoisotopic (exact) mass is 422 g/mol. The molecule has 1 heterocycles. The van der Waals surface area contributed by atoms with E-state index in [4.69, 9.17) is 9.47 Å². The van der Waals surface area contributed by atoms with Crippen molar-refractivity contribution in [2.75, 3.05) is 39.9 Å². The van der Waals surface area contributed by atoms with Crippen LogP contribution in [0.1, 0.15) is 0 Å². The quantitative estimate of drug-likeness (QED) is 0.542. The van der Waals surface area contributed by atoms with Crippen LogP contribution in [0.15, 0.2) is 54.6 Å². The zero-order chi connectivity index (χ0) is 21.8. The molecule has 0 radical (unpaired) electrons. The Morgan fingerprint density at radius 3 is 2.65 bits per heavy atom. The van der Waals surface area contributed by atoms with E-state index in [0.717, 1.165) is 28.4 Å². The molecule has 1 aliphatic rings. The van der Waals surface area contributed by atoms with Gasteiger partial charge in [-0.2, -0.15) is 0 Å². The van der Waals surface area contributed by atoms with Crippen LogP contribution in [0.4, 0.5) is 0 Å². The number of carbonyl (C=O) groups excluding carboxylic acids is 1. The molecule has 7 nitrogen and oxygen atoms in total. The van der Waals surface area contributed by atoms with E-state index in [2.05, 4.69) is 11.4 Å². The van der Waals surface area contributed by atoms with Crippen molar-refractivity contribution in [2.24, 2.45) is 0 Å². The summed E-state index contributed by atoms with van der Waals surface area (Å²) in [5.74, 6) is 1.18. The van der Waals surface area contributed by atoms with Crippen LogP contribution in [-0.4, -0.2) is 67.0 Å². The normalized spacial score (nSPS) is 15.5. The molecule has 0 saturated carbocycles. The van der Waals surface area contributed by atoms with Crippen LogP contribution in [0.25, 0.3) is 21.9 Å². The Bertz CT molecular complexity index is 1080. The van der Waals surface area contributed by atoms with Crippen molar-refractivity contribution in [1.82, 2.24) is 10.2 Å². The van der Waals surface area contributed by atoms with Gasteiger partial charge in [-0.05, 0) is 52.2 Å². The molecule has 0 bridgehead atoms. The van der Waals surface area contributed by atoms with Gasteiger partial charge < -0.3 is 25.0 Å². The molecule has 1 atom stereocenters. The maximum Gasteiger partial charge on any atom is 0.234 e. The van der Waals surface area contributed by atoms with Crippen molar-refractivity contribution in [3.05, 3.63) is 54.6 Å². The number of carbonyl (C=O) groups is 1.